The van der Waals surface area contributed by atoms with E-state index in [1.54, 1.807) is 19.1 Å². The Balaban J connectivity index is 1.89. The van der Waals surface area contributed by atoms with Gasteiger partial charge in [-0.3, -0.25) is 9.59 Å². The summed E-state index contributed by atoms with van der Waals surface area (Å²) in [6, 6.07) is 5.21. The number of pyridine rings is 1. The Labute approximate surface area is 152 Å². The summed E-state index contributed by atoms with van der Waals surface area (Å²) < 4.78 is 1.34. The van der Waals surface area contributed by atoms with Crippen LogP contribution in [0, 0.1) is 6.92 Å². The third-order valence-electron chi connectivity index (χ3n) is 2.90. The molecule has 1 amide bonds. The minimum atomic E-state index is -0.367. The molecule has 0 aliphatic rings. The lowest BCUT2D eigenvalue weighted by Crippen LogP contribution is -2.19. The van der Waals surface area contributed by atoms with Crippen molar-refractivity contribution in [1.82, 2.24) is 9.97 Å². The molecule has 3 aromatic rings. The van der Waals surface area contributed by atoms with Crippen molar-refractivity contribution >= 4 is 61.8 Å². The second-order valence-electron chi connectivity index (χ2n) is 4.55. The van der Waals surface area contributed by atoms with Crippen LogP contribution in [-0.4, -0.2) is 15.9 Å². The summed E-state index contributed by atoms with van der Waals surface area (Å²) in [5.41, 5.74) is 0.422. The van der Waals surface area contributed by atoms with Crippen molar-refractivity contribution in [3.8, 4) is 9.88 Å². The smallest absolute Gasteiger partial charge is 0.271 e. The van der Waals surface area contributed by atoms with Crippen molar-refractivity contribution in [1.29, 1.82) is 0 Å². The SMILES string of the molecule is Cc1nc(-c2ccc(Cl)s2)sc1C(=O)Nc1cc(Br)c[nH]c1=O. The Morgan fingerprint density at radius 1 is 1.39 bits per heavy atom. The normalized spacial score (nSPS) is 10.7. The molecular weight excluding hydrogens is 422 g/mol. The van der Waals surface area contributed by atoms with Gasteiger partial charge in [-0.1, -0.05) is 11.6 Å². The first-order valence-electron chi connectivity index (χ1n) is 6.37. The number of carbonyl (C=O) groups excluding carboxylic acids is 1. The Morgan fingerprint density at radius 2 is 2.17 bits per heavy atom. The monoisotopic (exact) mass is 429 g/mol. The number of aromatic nitrogens is 2. The number of aromatic amines is 1. The van der Waals surface area contributed by atoms with Crippen LogP contribution in [0.2, 0.25) is 4.34 Å². The third kappa shape index (κ3) is 3.55. The molecule has 0 spiro atoms. The summed E-state index contributed by atoms with van der Waals surface area (Å²) in [4.78, 5) is 32.5. The minimum absolute atomic E-state index is 0.179. The molecule has 0 saturated carbocycles. The molecule has 118 valence electrons. The molecule has 5 nitrogen and oxygen atoms in total. The van der Waals surface area contributed by atoms with Gasteiger partial charge in [-0.25, -0.2) is 4.98 Å². The van der Waals surface area contributed by atoms with E-state index in [0.29, 0.717) is 19.4 Å². The molecule has 0 aromatic carbocycles. The summed E-state index contributed by atoms with van der Waals surface area (Å²) in [6.45, 7) is 1.76. The van der Waals surface area contributed by atoms with Crippen LogP contribution in [0.4, 0.5) is 5.69 Å². The molecule has 0 aliphatic heterocycles. The van der Waals surface area contributed by atoms with E-state index in [1.807, 2.05) is 6.07 Å². The first-order chi connectivity index (χ1) is 10.9. The second-order valence-corrected chi connectivity index (χ2v) is 8.18. The highest BCUT2D eigenvalue weighted by Crippen LogP contribution is 2.35. The maximum absolute atomic E-state index is 12.4. The fourth-order valence-corrected chi connectivity index (χ4v) is 4.27. The number of hydrogen-bond donors (Lipinski definition) is 2. The molecule has 9 heteroatoms. The number of anilines is 1. The summed E-state index contributed by atoms with van der Waals surface area (Å²) in [6.07, 6.45) is 1.51. The van der Waals surface area contributed by atoms with Crippen LogP contribution in [0.15, 0.2) is 33.7 Å². The summed E-state index contributed by atoms with van der Waals surface area (Å²) >= 11 is 11.9. The number of nitrogens with one attached hydrogen (secondary N) is 2. The zero-order valence-corrected chi connectivity index (χ0v) is 15.6. The number of amides is 1. The number of halogens is 2. The van der Waals surface area contributed by atoms with Crippen molar-refractivity contribution in [2.45, 2.75) is 6.92 Å². The summed E-state index contributed by atoms with van der Waals surface area (Å²) in [5.74, 6) is -0.363. The van der Waals surface area contributed by atoms with Crippen LogP contribution in [0.1, 0.15) is 15.4 Å². The molecule has 0 fully saturated rings. The Bertz CT molecular complexity index is 948. The lowest BCUT2D eigenvalue weighted by atomic mass is 10.3. The molecule has 3 rings (SSSR count). The van der Waals surface area contributed by atoms with E-state index in [9.17, 15) is 9.59 Å². The molecule has 3 heterocycles. The van der Waals surface area contributed by atoms with Crippen LogP contribution in [-0.2, 0) is 0 Å². The van der Waals surface area contributed by atoms with Crippen molar-refractivity contribution in [2.75, 3.05) is 5.32 Å². The van der Waals surface area contributed by atoms with Gasteiger partial charge in [-0.05, 0) is 41.1 Å². The molecule has 0 aliphatic carbocycles. The lowest BCUT2D eigenvalue weighted by Gasteiger charge is -2.03. The molecule has 3 aromatic heterocycles. The maximum atomic E-state index is 12.4. The van der Waals surface area contributed by atoms with E-state index in [2.05, 4.69) is 31.2 Å². The number of thiophene rings is 1. The van der Waals surface area contributed by atoms with Crippen molar-refractivity contribution in [3.63, 3.8) is 0 Å². The molecule has 23 heavy (non-hydrogen) atoms. The van der Waals surface area contributed by atoms with Gasteiger partial charge in [0.05, 0.1) is 14.9 Å². The summed E-state index contributed by atoms with van der Waals surface area (Å²) in [5, 5.41) is 3.34. The number of thiazole rings is 1. The Morgan fingerprint density at radius 3 is 2.87 bits per heavy atom. The number of rotatable bonds is 3. The lowest BCUT2D eigenvalue weighted by molar-refractivity contribution is 0.102. The number of nitrogens with zero attached hydrogens (tertiary/aromatic N) is 1. The van der Waals surface area contributed by atoms with Crippen LogP contribution in [0.5, 0.6) is 0 Å². The largest absolute Gasteiger partial charge is 0.326 e. The first-order valence-corrected chi connectivity index (χ1v) is 9.17. The highest BCUT2D eigenvalue weighted by molar-refractivity contribution is 9.10. The highest BCUT2D eigenvalue weighted by atomic mass is 79.9. The maximum Gasteiger partial charge on any atom is 0.271 e. The number of hydrogen-bond acceptors (Lipinski definition) is 5. The van der Waals surface area contributed by atoms with Gasteiger partial charge in [0.2, 0.25) is 0 Å². The van der Waals surface area contributed by atoms with Crippen LogP contribution in [0.25, 0.3) is 9.88 Å². The third-order valence-corrected chi connectivity index (χ3v) is 5.92. The molecular formula is C14H9BrClN3O2S2. The van der Waals surface area contributed by atoms with Crippen LogP contribution in [0.3, 0.4) is 0 Å². The predicted octanol–water partition coefficient (Wildman–Crippen LogP) is 4.54. The van der Waals surface area contributed by atoms with Gasteiger partial charge in [-0.2, -0.15) is 0 Å². The van der Waals surface area contributed by atoms with Crippen LogP contribution < -0.4 is 10.9 Å². The number of carbonyl (C=O) groups is 1. The minimum Gasteiger partial charge on any atom is -0.326 e. The Hall–Kier alpha value is -1.48. The van der Waals surface area contributed by atoms with Crippen LogP contribution >= 0.6 is 50.2 Å². The van der Waals surface area contributed by atoms with E-state index in [0.717, 1.165) is 9.88 Å². The Kier molecular flexibility index (Phi) is 4.67. The number of aryl methyl sites for hydroxylation is 1. The van der Waals surface area contributed by atoms with Crippen molar-refractivity contribution in [3.05, 3.63) is 54.1 Å². The zero-order chi connectivity index (χ0) is 16.6. The van der Waals surface area contributed by atoms with E-state index < -0.39 is 0 Å². The van der Waals surface area contributed by atoms with E-state index in [1.165, 1.54) is 28.9 Å². The van der Waals surface area contributed by atoms with E-state index in [4.69, 9.17) is 11.6 Å². The standard InChI is InChI=1S/C14H9BrClN3O2S2/c1-6-11(23-14(18-6)9-2-3-10(16)22-9)13(21)19-8-4-7(15)5-17-12(8)20/h2-5H,1H3,(H,17,20)(H,19,21). The zero-order valence-electron chi connectivity index (χ0n) is 11.6. The average molecular weight is 431 g/mol. The van der Waals surface area contributed by atoms with Gasteiger partial charge in [0, 0.05) is 10.7 Å². The second kappa shape index (κ2) is 6.56. The molecule has 0 bridgehead atoms. The first kappa shape index (κ1) is 16.4. The molecule has 0 atom stereocenters. The highest BCUT2D eigenvalue weighted by Gasteiger charge is 2.18. The van der Waals surface area contributed by atoms with Crippen molar-refractivity contribution < 1.29 is 4.79 Å². The molecule has 0 radical (unpaired) electrons. The molecule has 0 saturated heterocycles. The average Bonchev–Trinajstić information content (AvgIpc) is 3.09. The van der Waals surface area contributed by atoms with Gasteiger partial charge in [0.25, 0.3) is 11.5 Å². The fourth-order valence-electron chi connectivity index (χ4n) is 1.87. The quantitative estimate of drug-likeness (QED) is 0.641. The number of H-pyrrole nitrogens is 1. The van der Waals surface area contributed by atoms with Gasteiger partial charge in [0.1, 0.15) is 15.6 Å². The van der Waals surface area contributed by atoms with Gasteiger partial charge in [-0.15, -0.1) is 22.7 Å². The van der Waals surface area contributed by atoms with Gasteiger partial charge in [0.15, 0.2) is 0 Å². The van der Waals surface area contributed by atoms with E-state index >= 15 is 0 Å². The van der Waals surface area contributed by atoms with Gasteiger partial charge < -0.3 is 10.3 Å². The molecule has 0 unspecified atom stereocenters. The van der Waals surface area contributed by atoms with Crippen molar-refractivity contribution in [2.24, 2.45) is 0 Å². The van der Waals surface area contributed by atoms with Gasteiger partial charge >= 0.3 is 0 Å². The summed E-state index contributed by atoms with van der Waals surface area (Å²) in [7, 11) is 0. The predicted molar refractivity (Wildman–Crippen MR) is 97.9 cm³/mol. The fraction of sp³-hybridized carbons (Fsp3) is 0.0714. The topological polar surface area (TPSA) is 74.8 Å². The van der Waals surface area contributed by atoms with E-state index in [-0.39, 0.29) is 17.2 Å². The molecule has 2 N–H and O–H groups in total.